The Morgan fingerprint density at radius 1 is 1.52 bits per heavy atom. The van der Waals surface area contributed by atoms with E-state index in [9.17, 15) is 9.59 Å². The maximum absolute atomic E-state index is 12.2. The van der Waals surface area contributed by atoms with Gasteiger partial charge in [-0.1, -0.05) is 16.8 Å². The van der Waals surface area contributed by atoms with Crippen LogP contribution in [0.2, 0.25) is 5.15 Å². The van der Waals surface area contributed by atoms with E-state index in [1.807, 2.05) is 0 Å². The molecule has 2 fully saturated rings. The van der Waals surface area contributed by atoms with Crippen LogP contribution in [0, 0.1) is 0 Å². The Kier molecular flexibility index (Phi) is 3.52. The topological polar surface area (TPSA) is 75.9 Å². The summed E-state index contributed by atoms with van der Waals surface area (Å²) in [6.07, 6.45) is 1.15. The van der Waals surface area contributed by atoms with Crippen molar-refractivity contribution in [1.29, 1.82) is 0 Å². The van der Waals surface area contributed by atoms with E-state index in [4.69, 9.17) is 20.9 Å². The lowest BCUT2D eigenvalue weighted by Gasteiger charge is -2.21. The molecular weight excluding hydrogens is 298 g/mol. The van der Waals surface area contributed by atoms with Crippen LogP contribution in [-0.2, 0) is 16.0 Å². The third kappa shape index (κ3) is 2.83. The second kappa shape index (κ2) is 5.22. The van der Waals surface area contributed by atoms with Gasteiger partial charge in [0.15, 0.2) is 10.8 Å². The molecule has 21 heavy (non-hydrogen) atoms. The number of carbonyl (C=O) groups is 2. The zero-order chi connectivity index (χ0) is 15.0. The lowest BCUT2D eigenvalue weighted by atomic mass is 10.0. The molecule has 0 bridgehead atoms. The van der Waals surface area contributed by atoms with E-state index >= 15 is 0 Å². The molecule has 0 aromatic carbocycles. The van der Waals surface area contributed by atoms with Crippen molar-refractivity contribution in [3.63, 3.8) is 0 Å². The molecule has 0 saturated carbocycles. The predicted octanol–water partition coefficient (Wildman–Crippen LogP) is 1.31. The summed E-state index contributed by atoms with van der Waals surface area (Å²) < 4.78 is 10.4. The highest BCUT2D eigenvalue weighted by Gasteiger charge is 2.49. The summed E-state index contributed by atoms with van der Waals surface area (Å²) in [6.45, 7) is 1.60. The number of hydrogen-bond acceptors (Lipinski definition) is 5. The van der Waals surface area contributed by atoms with Crippen molar-refractivity contribution in [3.8, 4) is 0 Å². The Bertz CT molecular complexity index is 576. The highest BCUT2D eigenvalue weighted by atomic mass is 35.5. The minimum absolute atomic E-state index is 0.0185. The van der Waals surface area contributed by atoms with Crippen molar-refractivity contribution < 1.29 is 18.8 Å². The van der Waals surface area contributed by atoms with Gasteiger partial charge >= 0.3 is 6.09 Å². The summed E-state index contributed by atoms with van der Waals surface area (Å²) in [5.74, 6) is 0.610. The Labute approximate surface area is 126 Å². The van der Waals surface area contributed by atoms with Crippen molar-refractivity contribution in [2.24, 2.45) is 0 Å². The monoisotopic (exact) mass is 313 g/mol. The molecule has 0 N–H and O–H groups in total. The Morgan fingerprint density at radius 2 is 2.33 bits per heavy atom. The van der Waals surface area contributed by atoms with Crippen LogP contribution in [0.25, 0.3) is 0 Å². The van der Waals surface area contributed by atoms with Crippen LogP contribution in [0.5, 0.6) is 0 Å². The van der Waals surface area contributed by atoms with Crippen LogP contribution in [-0.4, -0.2) is 59.2 Å². The lowest BCUT2D eigenvalue weighted by Crippen LogP contribution is -2.39. The molecule has 114 valence electrons. The van der Waals surface area contributed by atoms with Gasteiger partial charge in [0.25, 0.3) is 0 Å². The van der Waals surface area contributed by atoms with Gasteiger partial charge in [0.05, 0.1) is 13.1 Å². The first-order chi connectivity index (χ1) is 9.97. The van der Waals surface area contributed by atoms with Gasteiger partial charge in [-0.05, 0) is 0 Å². The number of likely N-dealkylation sites (tertiary alicyclic amines) is 1. The smallest absolute Gasteiger partial charge is 0.410 e. The first-order valence-corrected chi connectivity index (χ1v) is 7.18. The summed E-state index contributed by atoms with van der Waals surface area (Å²) in [6, 6.07) is 1.61. The molecule has 3 heterocycles. The Balaban J connectivity index is 1.54. The van der Waals surface area contributed by atoms with Crippen molar-refractivity contribution in [3.05, 3.63) is 17.0 Å². The fourth-order valence-corrected chi connectivity index (χ4v) is 3.01. The molecule has 2 aliphatic heterocycles. The van der Waals surface area contributed by atoms with E-state index in [1.165, 1.54) is 0 Å². The number of nitrogens with zero attached hydrogens (tertiary/aromatic N) is 3. The van der Waals surface area contributed by atoms with Crippen molar-refractivity contribution in [1.82, 2.24) is 15.0 Å². The number of aryl methyl sites for hydroxylation is 1. The molecule has 0 unspecified atom stereocenters. The van der Waals surface area contributed by atoms with E-state index in [1.54, 1.807) is 22.9 Å². The molecule has 2 amide bonds. The molecule has 1 aromatic heterocycles. The molecule has 1 spiro atoms. The third-order valence-electron chi connectivity index (χ3n) is 3.93. The fraction of sp³-hybridized carbons (Fsp3) is 0.615. The van der Waals surface area contributed by atoms with Gasteiger partial charge in [0.2, 0.25) is 5.91 Å². The summed E-state index contributed by atoms with van der Waals surface area (Å²) in [5, 5.41) is 3.86. The highest BCUT2D eigenvalue weighted by molar-refractivity contribution is 6.29. The van der Waals surface area contributed by atoms with Gasteiger partial charge in [0.1, 0.15) is 5.76 Å². The van der Waals surface area contributed by atoms with Crippen LogP contribution >= 0.6 is 11.6 Å². The maximum atomic E-state index is 12.2. The van der Waals surface area contributed by atoms with Crippen LogP contribution in [0.15, 0.2) is 10.6 Å². The average Bonchev–Trinajstić information content (AvgIpc) is 3.09. The molecular formula is C13H16ClN3O4. The second-order valence-electron chi connectivity index (χ2n) is 5.59. The minimum atomic E-state index is -0.531. The summed E-state index contributed by atoms with van der Waals surface area (Å²) in [4.78, 5) is 27.0. The first-order valence-electron chi connectivity index (χ1n) is 6.80. The molecule has 1 atom stereocenters. The third-order valence-corrected chi connectivity index (χ3v) is 4.10. The predicted molar refractivity (Wildman–Crippen MR) is 72.9 cm³/mol. The van der Waals surface area contributed by atoms with E-state index in [2.05, 4.69) is 5.16 Å². The second-order valence-corrected chi connectivity index (χ2v) is 5.98. The highest BCUT2D eigenvalue weighted by Crippen LogP contribution is 2.32. The lowest BCUT2D eigenvalue weighted by molar-refractivity contribution is -0.131. The van der Waals surface area contributed by atoms with E-state index in [0.717, 1.165) is 0 Å². The summed E-state index contributed by atoms with van der Waals surface area (Å²) >= 11 is 5.66. The number of likely N-dealkylation sites (N-methyl/N-ethyl adjacent to an activating group) is 1. The Morgan fingerprint density at radius 3 is 2.95 bits per heavy atom. The molecule has 0 aliphatic carbocycles. The molecule has 0 radical (unpaired) electrons. The minimum Gasteiger partial charge on any atom is -0.439 e. The van der Waals surface area contributed by atoms with Crippen LogP contribution in [0.4, 0.5) is 4.79 Å². The largest absolute Gasteiger partial charge is 0.439 e. The van der Waals surface area contributed by atoms with E-state index < -0.39 is 5.60 Å². The molecule has 7 nitrogen and oxygen atoms in total. The number of ether oxygens (including phenoxy) is 1. The van der Waals surface area contributed by atoms with Gasteiger partial charge in [-0.2, -0.15) is 0 Å². The van der Waals surface area contributed by atoms with E-state index in [-0.39, 0.29) is 12.0 Å². The number of hydrogen-bond donors (Lipinski definition) is 0. The number of carbonyl (C=O) groups excluding carboxylic acids is 2. The van der Waals surface area contributed by atoms with Gasteiger partial charge in [-0.3, -0.25) is 4.79 Å². The molecule has 2 saturated heterocycles. The number of amides is 2. The fourth-order valence-electron chi connectivity index (χ4n) is 2.86. The normalized spacial score (nSPS) is 25.0. The standard InChI is InChI=1S/C13H16ClN3O4/c1-16-7-13(20-12(16)19)4-5-17(8-13)11(18)3-2-9-6-10(14)15-21-9/h6H,2-5,7-8H2,1H3/t13-/m0/s1. The van der Waals surface area contributed by atoms with E-state index in [0.29, 0.717) is 49.8 Å². The number of halogens is 1. The quantitative estimate of drug-likeness (QED) is 0.841. The summed E-state index contributed by atoms with van der Waals surface area (Å²) in [5.41, 5.74) is -0.531. The molecule has 2 aliphatic rings. The summed E-state index contributed by atoms with van der Waals surface area (Å²) in [7, 11) is 1.70. The molecule has 1 aromatic rings. The zero-order valence-electron chi connectivity index (χ0n) is 11.7. The van der Waals surface area contributed by atoms with Crippen molar-refractivity contribution in [2.45, 2.75) is 24.9 Å². The Hall–Kier alpha value is -1.76. The van der Waals surface area contributed by atoms with Crippen molar-refractivity contribution >= 4 is 23.6 Å². The SMILES string of the molecule is CN1C[C@]2(CCN(C(=O)CCc3cc(Cl)no3)C2)OC1=O. The first kappa shape index (κ1) is 14.2. The number of rotatable bonds is 3. The molecule has 3 rings (SSSR count). The average molecular weight is 314 g/mol. The molecule has 8 heteroatoms. The number of aromatic nitrogens is 1. The zero-order valence-corrected chi connectivity index (χ0v) is 12.4. The van der Waals surface area contributed by atoms with Gasteiger partial charge in [0, 0.05) is 38.9 Å². The van der Waals surface area contributed by atoms with Crippen molar-refractivity contribution in [2.75, 3.05) is 26.7 Å². The van der Waals surface area contributed by atoms with Gasteiger partial charge in [-0.25, -0.2) is 4.79 Å². The van der Waals surface area contributed by atoms with Crippen LogP contribution in [0.1, 0.15) is 18.6 Å². The van der Waals surface area contributed by atoms with Gasteiger partial charge < -0.3 is 19.1 Å². The maximum Gasteiger partial charge on any atom is 0.410 e. The van der Waals surface area contributed by atoms with Gasteiger partial charge in [-0.15, -0.1) is 0 Å². The van der Waals surface area contributed by atoms with Crippen LogP contribution < -0.4 is 0 Å². The van der Waals surface area contributed by atoms with Crippen LogP contribution in [0.3, 0.4) is 0 Å².